The summed E-state index contributed by atoms with van der Waals surface area (Å²) in [6.45, 7) is 7.28. The van der Waals surface area contributed by atoms with Gasteiger partial charge < -0.3 is 9.47 Å². The maximum absolute atomic E-state index is 10.7. The quantitative estimate of drug-likeness (QED) is 0.386. The zero-order valence-electron chi connectivity index (χ0n) is 14.5. The largest absolute Gasteiger partial charge is 0.381 e. The molecule has 26 heavy (non-hydrogen) atoms. The second-order valence-electron chi connectivity index (χ2n) is 5.05. The smallest absolute Gasteiger partial charge is 0.132 e. The lowest BCUT2D eigenvalue weighted by molar-refractivity contribution is -0.120. The summed E-state index contributed by atoms with van der Waals surface area (Å²) in [5.41, 5.74) is 0. The first kappa shape index (κ1) is 44.4. The molecule has 0 heterocycles. The predicted molar refractivity (Wildman–Crippen MR) is 120 cm³/mol. The average Bonchev–Trinajstić information content (AvgIpc) is 2.43. The van der Waals surface area contributed by atoms with Gasteiger partial charge in [-0.05, 0) is 33.1 Å². The Morgan fingerprint density at radius 3 is 1.38 bits per heavy atom. The Balaban J connectivity index is -0.0000000477. The van der Waals surface area contributed by atoms with Crippen LogP contribution >= 0.6 is 0 Å². The molecule has 0 aromatic rings. The number of methoxy groups -OCH3 is 2. The molecule has 0 N–H and O–H groups in total. The maximum atomic E-state index is 10.7. The van der Waals surface area contributed by atoms with Gasteiger partial charge in [0.05, 0.1) is 12.2 Å². The van der Waals surface area contributed by atoms with Crippen LogP contribution in [-0.4, -0.2) is 38.0 Å². The highest BCUT2D eigenvalue weighted by molar-refractivity contribution is 5.76. The van der Waals surface area contributed by atoms with Crippen molar-refractivity contribution in [2.75, 3.05) is 14.2 Å². The maximum Gasteiger partial charge on any atom is 0.132 e. The molecule has 2 unspecified atom stereocenters. The van der Waals surface area contributed by atoms with Gasteiger partial charge in [0.1, 0.15) is 11.6 Å². The third kappa shape index (κ3) is 34.4. The number of rotatable bonds is 10. The summed E-state index contributed by atoms with van der Waals surface area (Å²) in [4.78, 5) is 21.2. The molecule has 0 amide bonds. The Kier molecular flexibility index (Phi) is 54.3. The molecule has 0 rings (SSSR count). The summed E-state index contributed by atoms with van der Waals surface area (Å²) in [6.07, 6.45) is 8.20. The third-order valence-corrected chi connectivity index (χ3v) is 2.95. The van der Waals surface area contributed by atoms with Gasteiger partial charge in [0.25, 0.3) is 0 Å². The molecule has 4 heteroatoms. The highest BCUT2D eigenvalue weighted by Crippen LogP contribution is 2.04. The van der Waals surface area contributed by atoms with Gasteiger partial charge in [0, 0.05) is 27.1 Å². The van der Waals surface area contributed by atoms with Crippen LogP contribution in [0, 0.1) is 0 Å². The fourth-order valence-corrected chi connectivity index (χ4v) is 1.71. The van der Waals surface area contributed by atoms with E-state index in [0.29, 0.717) is 12.8 Å². The van der Waals surface area contributed by atoms with Crippen molar-refractivity contribution in [2.45, 2.75) is 109 Å². The summed E-state index contributed by atoms with van der Waals surface area (Å²) < 4.78 is 10.1. The summed E-state index contributed by atoms with van der Waals surface area (Å²) in [5, 5.41) is 0. The van der Waals surface area contributed by atoms with Crippen molar-refractivity contribution >= 4 is 11.6 Å². The molecule has 4 nitrogen and oxygen atoms in total. The van der Waals surface area contributed by atoms with Crippen molar-refractivity contribution in [3.05, 3.63) is 12.2 Å². The van der Waals surface area contributed by atoms with Crippen molar-refractivity contribution < 1.29 is 19.1 Å². The van der Waals surface area contributed by atoms with Gasteiger partial charge in [-0.15, -0.1) is 0 Å². The van der Waals surface area contributed by atoms with Gasteiger partial charge in [0.15, 0.2) is 0 Å². The molecule has 0 fully saturated rings. The number of allylic oxidation sites excluding steroid dienone is 1. The van der Waals surface area contributed by atoms with Crippen LogP contribution in [0.25, 0.3) is 0 Å². The predicted octanol–water partition coefficient (Wildman–Crippen LogP) is 6.91. The minimum absolute atomic E-state index is 0. The van der Waals surface area contributed by atoms with Crippen LogP contribution in [0.4, 0.5) is 0 Å². The summed E-state index contributed by atoms with van der Waals surface area (Å²) in [6, 6.07) is 0. The Morgan fingerprint density at radius 2 is 1.15 bits per heavy atom. The molecule has 0 bridgehead atoms. The zero-order chi connectivity index (χ0) is 16.7. The van der Waals surface area contributed by atoms with E-state index in [1.54, 1.807) is 28.1 Å². The lowest BCUT2D eigenvalue weighted by atomic mass is 10.1. The van der Waals surface area contributed by atoms with E-state index in [9.17, 15) is 9.59 Å². The van der Waals surface area contributed by atoms with Crippen LogP contribution in [-0.2, 0) is 19.1 Å². The van der Waals surface area contributed by atoms with Gasteiger partial charge >= 0.3 is 0 Å². The highest BCUT2D eigenvalue weighted by atomic mass is 16.5. The lowest BCUT2D eigenvalue weighted by Gasteiger charge is -2.10. The number of hydrogen-bond acceptors (Lipinski definition) is 4. The monoisotopic (exact) mass is 380 g/mol. The van der Waals surface area contributed by atoms with Crippen molar-refractivity contribution in [3.8, 4) is 0 Å². The van der Waals surface area contributed by atoms with Gasteiger partial charge in [0.2, 0.25) is 0 Å². The zero-order valence-corrected chi connectivity index (χ0v) is 14.5. The van der Waals surface area contributed by atoms with Crippen LogP contribution in [0.5, 0.6) is 0 Å². The molecule has 0 radical (unpaired) electrons. The van der Waals surface area contributed by atoms with E-state index in [2.05, 4.69) is 19.1 Å². The minimum atomic E-state index is 0. The van der Waals surface area contributed by atoms with Gasteiger partial charge in [-0.2, -0.15) is 0 Å². The Bertz CT molecular complexity index is 295. The molecule has 0 saturated heterocycles. The SMILES string of the molecule is C.C.C.C.C.CCC(CC(C)=O)OC.CCC=CCC(CC(C)=O)OC. The minimum Gasteiger partial charge on any atom is -0.381 e. The van der Waals surface area contributed by atoms with E-state index < -0.39 is 0 Å². The fourth-order valence-electron chi connectivity index (χ4n) is 1.71. The van der Waals surface area contributed by atoms with Crippen molar-refractivity contribution in [2.24, 2.45) is 0 Å². The highest BCUT2D eigenvalue weighted by Gasteiger charge is 2.07. The van der Waals surface area contributed by atoms with Crippen LogP contribution < -0.4 is 0 Å². The Morgan fingerprint density at radius 1 is 0.769 bits per heavy atom. The number of carbonyl (C=O) groups excluding carboxylic acids is 2. The first-order valence-corrected chi connectivity index (χ1v) is 7.60. The van der Waals surface area contributed by atoms with E-state index in [1.165, 1.54) is 0 Å². The van der Waals surface area contributed by atoms with Crippen LogP contribution in [0.15, 0.2) is 12.2 Å². The van der Waals surface area contributed by atoms with E-state index in [0.717, 1.165) is 19.3 Å². The summed E-state index contributed by atoms with van der Waals surface area (Å²) in [5.74, 6) is 0.385. The van der Waals surface area contributed by atoms with E-state index in [-0.39, 0.29) is 60.9 Å². The Hall–Kier alpha value is -1.00. The van der Waals surface area contributed by atoms with Crippen LogP contribution in [0.1, 0.15) is 96.9 Å². The topological polar surface area (TPSA) is 52.6 Å². The molecule has 0 aromatic carbocycles. The average molecular weight is 381 g/mol. The third-order valence-electron chi connectivity index (χ3n) is 2.95. The molecular formula is C22H52O4. The second kappa shape index (κ2) is 31.7. The van der Waals surface area contributed by atoms with E-state index in [1.807, 2.05) is 6.92 Å². The molecule has 0 aliphatic heterocycles. The standard InChI is InChI=1S/C10H18O2.C7H14O2.5CH4/c1-4-5-6-7-10(12-3)8-9(2)11;1-4-7(9-3)5-6(2)8;;;;;/h5-6,10H,4,7-8H2,1-3H3;7H,4-5H2,1-3H3;5*1H4. The molecule has 0 aromatic heterocycles. The second-order valence-corrected chi connectivity index (χ2v) is 5.05. The summed E-state index contributed by atoms with van der Waals surface area (Å²) in [7, 11) is 3.28. The van der Waals surface area contributed by atoms with Crippen molar-refractivity contribution in [1.82, 2.24) is 0 Å². The first-order valence-electron chi connectivity index (χ1n) is 7.60. The van der Waals surface area contributed by atoms with Crippen molar-refractivity contribution in [3.63, 3.8) is 0 Å². The van der Waals surface area contributed by atoms with E-state index >= 15 is 0 Å². The number of Topliss-reactive ketones (excluding diaryl/α,β-unsaturated/α-hetero) is 2. The fraction of sp³-hybridized carbons (Fsp3) is 0.818. The molecule has 0 saturated carbocycles. The normalized spacial score (nSPS) is 10.8. The molecule has 2 atom stereocenters. The van der Waals surface area contributed by atoms with Crippen molar-refractivity contribution in [1.29, 1.82) is 0 Å². The number of ketones is 2. The molecule has 164 valence electrons. The van der Waals surface area contributed by atoms with Crippen LogP contribution in [0.2, 0.25) is 0 Å². The molecular weight excluding hydrogens is 328 g/mol. The van der Waals surface area contributed by atoms with Gasteiger partial charge in [-0.25, -0.2) is 0 Å². The molecule has 0 aliphatic rings. The van der Waals surface area contributed by atoms with Crippen LogP contribution in [0.3, 0.4) is 0 Å². The lowest BCUT2D eigenvalue weighted by Crippen LogP contribution is -2.13. The number of carbonyl (C=O) groups is 2. The van der Waals surface area contributed by atoms with E-state index in [4.69, 9.17) is 9.47 Å². The first-order chi connectivity index (χ1) is 9.90. The molecule has 0 aliphatic carbocycles. The summed E-state index contributed by atoms with van der Waals surface area (Å²) >= 11 is 0. The molecule has 0 spiro atoms. The van der Waals surface area contributed by atoms with Gasteiger partial charge in [-0.3, -0.25) is 9.59 Å². The van der Waals surface area contributed by atoms with Gasteiger partial charge in [-0.1, -0.05) is 63.1 Å². The number of hydrogen-bond donors (Lipinski definition) is 0. The number of ether oxygens (including phenoxy) is 2. The Labute approximate surface area is 166 Å².